The summed E-state index contributed by atoms with van der Waals surface area (Å²) in [5, 5.41) is 7.80. The number of halogens is 1. The molecule has 1 N–H and O–H groups in total. The van der Waals surface area contributed by atoms with Crippen LogP contribution in [-0.4, -0.2) is 36.5 Å². The largest absolute Gasteiger partial charge is 0.493 e. The van der Waals surface area contributed by atoms with Crippen LogP contribution in [0.2, 0.25) is 5.02 Å². The molecule has 0 saturated carbocycles. The van der Waals surface area contributed by atoms with Crippen LogP contribution in [0, 0.1) is 6.92 Å². The predicted octanol–water partition coefficient (Wildman–Crippen LogP) is 3.87. The average Bonchev–Trinajstić information content (AvgIpc) is 3.22. The van der Waals surface area contributed by atoms with Gasteiger partial charge in [0.05, 0.1) is 14.2 Å². The van der Waals surface area contributed by atoms with Gasteiger partial charge >= 0.3 is 0 Å². The molecule has 0 radical (unpaired) electrons. The Kier molecular flexibility index (Phi) is 7.19. The third-order valence-corrected chi connectivity index (χ3v) is 4.74. The first-order chi connectivity index (χ1) is 14.5. The number of hydrogen-bond donors (Lipinski definition) is 1. The van der Waals surface area contributed by atoms with Crippen LogP contribution in [0.3, 0.4) is 0 Å². The molecule has 30 heavy (non-hydrogen) atoms. The Morgan fingerprint density at radius 3 is 2.57 bits per heavy atom. The first-order valence-corrected chi connectivity index (χ1v) is 9.79. The van der Waals surface area contributed by atoms with E-state index in [1.807, 2.05) is 37.3 Å². The van der Waals surface area contributed by atoms with Crippen molar-refractivity contribution in [2.75, 3.05) is 20.8 Å². The van der Waals surface area contributed by atoms with E-state index in [2.05, 4.69) is 10.4 Å². The molecule has 0 atom stereocenters. The van der Waals surface area contributed by atoms with Gasteiger partial charge in [0.25, 0.3) is 5.91 Å². The Morgan fingerprint density at radius 1 is 1.07 bits per heavy atom. The van der Waals surface area contributed by atoms with Gasteiger partial charge < -0.3 is 19.5 Å². The first-order valence-electron chi connectivity index (χ1n) is 9.41. The fourth-order valence-electron chi connectivity index (χ4n) is 2.91. The molecule has 2 aromatic carbocycles. The Balaban J connectivity index is 1.50. The Bertz CT molecular complexity index is 1020. The molecule has 0 unspecified atom stereocenters. The lowest BCUT2D eigenvalue weighted by atomic mass is 10.1. The summed E-state index contributed by atoms with van der Waals surface area (Å²) in [5.41, 5.74) is 2.30. The number of hydrogen-bond acceptors (Lipinski definition) is 5. The Labute approximate surface area is 180 Å². The lowest BCUT2D eigenvalue weighted by molar-refractivity contribution is 0.0947. The van der Waals surface area contributed by atoms with Crippen molar-refractivity contribution in [1.29, 1.82) is 0 Å². The quantitative estimate of drug-likeness (QED) is 0.559. The molecule has 1 heterocycles. The third kappa shape index (κ3) is 5.45. The highest BCUT2D eigenvalue weighted by Gasteiger charge is 2.10. The van der Waals surface area contributed by atoms with E-state index in [-0.39, 0.29) is 12.6 Å². The maximum atomic E-state index is 12.4. The van der Waals surface area contributed by atoms with E-state index >= 15 is 0 Å². The summed E-state index contributed by atoms with van der Waals surface area (Å²) in [6, 6.07) is 12.8. The number of benzene rings is 2. The van der Waals surface area contributed by atoms with E-state index in [1.165, 1.54) is 0 Å². The molecular weight excluding hydrogens is 406 g/mol. The molecule has 1 aromatic heterocycles. The first kappa shape index (κ1) is 21.5. The summed E-state index contributed by atoms with van der Waals surface area (Å²) >= 11 is 5.95. The minimum Gasteiger partial charge on any atom is -0.493 e. The lowest BCUT2D eigenvalue weighted by Crippen LogP contribution is -2.26. The van der Waals surface area contributed by atoms with Crippen molar-refractivity contribution in [3.05, 3.63) is 70.5 Å². The van der Waals surface area contributed by atoms with Crippen molar-refractivity contribution >= 4 is 17.5 Å². The van der Waals surface area contributed by atoms with Gasteiger partial charge in [-0.3, -0.25) is 4.79 Å². The maximum Gasteiger partial charge on any atom is 0.271 e. The van der Waals surface area contributed by atoms with Gasteiger partial charge in [0.1, 0.15) is 11.4 Å². The van der Waals surface area contributed by atoms with Crippen LogP contribution in [0.25, 0.3) is 0 Å². The summed E-state index contributed by atoms with van der Waals surface area (Å²) in [6.07, 6.45) is 2.36. The number of rotatable bonds is 9. The second-order valence-electron chi connectivity index (χ2n) is 6.62. The van der Waals surface area contributed by atoms with E-state index in [0.29, 0.717) is 35.2 Å². The van der Waals surface area contributed by atoms with Gasteiger partial charge in [-0.15, -0.1) is 0 Å². The van der Waals surface area contributed by atoms with Crippen LogP contribution < -0.4 is 19.5 Å². The highest BCUT2D eigenvalue weighted by Crippen LogP contribution is 2.27. The number of carbonyl (C=O) groups excluding carboxylic acids is 1. The molecule has 158 valence electrons. The van der Waals surface area contributed by atoms with Crippen molar-refractivity contribution < 1.29 is 19.0 Å². The van der Waals surface area contributed by atoms with E-state index in [9.17, 15) is 4.79 Å². The van der Waals surface area contributed by atoms with E-state index < -0.39 is 0 Å². The molecule has 0 aliphatic heterocycles. The Morgan fingerprint density at radius 2 is 1.83 bits per heavy atom. The van der Waals surface area contributed by atoms with E-state index in [4.69, 9.17) is 25.8 Å². The molecular formula is C22H24ClN3O4. The van der Waals surface area contributed by atoms with Crippen LogP contribution in [0.1, 0.15) is 21.6 Å². The highest BCUT2D eigenvalue weighted by atomic mass is 35.5. The third-order valence-electron chi connectivity index (χ3n) is 4.51. The van der Waals surface area contributed by atoms with Gasteiger partial charge in [-0.2, -0.15) is 5.10 Å². The second kappa shape index (κ2) is 10.0. The smallest absolute Gasteiger partial charge is 0.271 e. The van der Waals surface area contributed by atoms with Crippen molar-refractivity contribution in [2.45, 2.75) is 20.1 Å². The monoisotopic (exact) mass is 429 g/mol. The summed E-state index contributed by atoms with van der Waals surface area (Å²) in [7, 11) is 3.19. The number of carbonyl (C=O) groups is 1. The summed E-state index contributed by atoms with van der Waals surface area (Å²) in [5.74, 6) is 1.82. The molecule has 8 heteroatoms. The van der Waals surface area contributed by atoms with Gasteiger partial charge in [-0.05, 0) is 60.9 Å². The zero-order valence-corrected chi connectivity index (χ0v) is 17.9. The van der Waals surface area contributed by atoms with Crippen molar-refractivity contribution in [3.8, 4) is 17.2 Å². The average molecular weight is 430 g/mol. The van der Waals surface area contributed by atoms with Crippen molar-refractivity contribution in [2.24, 2.45) is 0 Å². The van der Waals surface area contributed by atoms with Crippen molar-refractivity contribution in [1.82, 2.24) is 15.1 Å². The SMILES string of the molecule is COc1ccc(CCNC(=O)c2ccn(COc3ccc(Cl)cc3C)n2)cc1OC. The molecule has 3 aromatic rings. The summed E-state index contributed by atoms with van der Waals surface area (Å²) in [6.45, 7) is 2.59. The summed E-state index contributed by atoms with van der Waals surface area (Å²) < 4.78 is 17.8. The maximum absolute atomic E-state index is 12.4. The van der Waals surface area contributed by atoms with Crippen LogP contribution in [0.5, 0.6) is 17.2 Å². The second-order valence-corrected chi connectivity index (χ2v) is 7.06. The van der Waals surface area contributed by atoms with Crippen LogP contribution >= 0.6 is 11.6 Å². The Hall–Kier alpha value is -3.19. The summed E-state index contributed by atoms with van der Waals surface area (Å²) in [4.78, 5) is 12.4. The molecule has 0 bridgehead atoms. The zero-order valence-electron chi connectivity index (χ0n) is 17.1. The number of aromatic nitrogens is 2. The minimum atomic E-state index is -0.239. The molecule has 7 nitrogen and oxygen atoms in total. The normalized spacial score (nSPS) is 10.5. The molecule has 1 amide bonds. The van der Waals surface area contributed by atoms with Crippen LogP contribution in [0.15, 0.2) is 48.7 Å². The van der Waals surface area contributed by atoms with Gasteiger partial charge in [0.2, 0.25) is 0 Å². The number of nitrogens with zero attached hydrogens (tertiary/aromatic N) is 2. The van der Waals surface area contributed by atoms with Crippen LogP contribution in [0.4, 0.5) is 0 Å². The molecule has 0 fully saturated rings. The van der Waals surface area contributed by atoms with Gasteiger partial charge in [0, 0.05) is 17.8 Å². The predicted molar refractivity (Wildman–Crippen MR) is 115 cm³/mol. The van der Waals surface area contributed by atoms with Gasteiger partial charge in [-0.25, -0.2) is 4.68 Å². The number of methoxy groups -OCH3 is 2. The number of nitrogens with one attached hydrogen (secondary N) is 1. The van der Waals surface area contributed by atoms with E-state index in [1.54, 1.807) is 37.2 Å². The molecule has 0 aliphatic carbocycles. The molecule has 0 saturated heterocycles. The molecule has 0 spiro atoms. The standard InChI is InChI=1S/C22H24ClN3O4/c1-15-12-17(23)5-7-19(15)30-14-26-11-9-18(25-26)22(27)24-10-8-16-4-6-20(28-2)21(13-16)29-3/h4-7,9,11-13H,8,10,14H2,1-3H3,(H,24,27). The van der Waals surface area contributed by atoms with Crippen LogP contribution in [-0.2, 0) is 13.2 Å². The fraction of sp³-hybridized carbons (Fsp3) is 0.273. The molecule has 3 rings (SSSR count). The topological polar surface area (TPSA) is 74.6 Å². The lowest BCUT2D eigenvalue weighted by Gasteiger charge is -2.10. The fourth-order valence-corrected chi connectivity index (χ4v) is 3.14. The number of ether oxygens (including phenoxy) is 3. The number of amides is 1. The number of aryl methyl sites for hydroxylation is 1. The van der Waals surface area contributed by atoms with Crippen molar-refractivity contribution in [3.63, 3.8) is 0 Å². The van der Waals surface area contributed by atoms with E-state index in [0.717, 1.165) is 16.9 Å². The molecule has 0 aliphatic rings. The van der Waals surface area contributed by atoms with Gasteiger partial charge in [-0.1, -0.05) is 17.7 Å². The highest BCUT2D eigenvalue weighted by molar-refractivity contribution is 6.30. The zero-order chi connectivity index (χ0) is 21.5. The minimum absolute atomic E-state index is 0.196. The van der Waals surface area contributed by atoms with Gasteiger partial charge in [0.15, 0.2) is 18.2 Å².